The molecule has 35 heavy (non-hydrogen) atoms. The largest absolute Gasteiger partial charge is 0.421 e. The normalized spacial score (nSPS) is 11.6. The Balaban J connectivity index is 1.80. The van der Waals surface area contributed by atoms with Crippen LogP contribution in [-0.2, 0) is 22.7 Å². The molecule has 0 fully saturated rings. The van der Waals surface area contributed by atoms with Gasteiger partial charge in [0.2, 0.25) is 16.0 Å². The van der Waals surface area contributed by atoms with Crippen LogP contribution in [-0.4, -0.2) is 37.1 Å². The number of hydrogen-bond donors (Lipinski definition) is 4. The van der Waals surface area contributed by atoms with E-state index >= 15 is 0 Å². The van der Waals surface area contributed by atoms with E-state index in [0.717, 1.165) is 0 Å². The lowest BCUT2D eigenvalue weighted by atomic mass is 10.2. The number of sulfonamides is 1. The van der Waals surface area contributed by atoms with E-state index in [-0.39, 0.29) is 24.2 Å². The molecule has 0 atom stereocenters. The molecular formula is C22H23F3N6O3S. The van der Waals surface area contributed by atoms with Crippen LogP contribution in [0.5, 0.6) is 0 Å². The van der Waals surface area contributed by atoms with Crippen molar-refractivity contribution in [3.05, 3.63) is 71.4 Å². The molecule has 0 radical (unpaired) electrons. The van der Waals surface area contributed by atoms with Gasteiger partial charge in [0.15, 0.2) is 0 Å². The minimum absolute atomic E-state index is 0.0535. The summed E-state index contributed by atoms with van der Waals surface area (Å²) in [6, 6.07) is 12.5. The standard InChI is InChI=1S/C22H23F3N6O3S/c1-3-35(33,34)31-17-6-4-5-14(11-17)12-27-19-18(22(23,24)25)13-28-21(30-19)29-16-9-7-15(8-10-16)20(32)26-2/h4-11,13,31H,3,12H2,1-2H3,(H,26,32)(H2,27,28,29,30). The lowest BCUT2D eigenvalue weighted by molar-refractivity contribution is -0.137. The number of alkyl halides is 3. The highest BCUT2D eigenvalue weighted by Gasteiger charge is 2.35. The summed E-state index contributed by atoms with van der Waals surface area (Å²) in [4.78, 5) is 19.4. The fourth-order valence-electron chi connectivity index (χ4n) is 2.94. The van der Waals surface area contributed by atoms with Crippen LogP contribution in [0.2, 0.25) is 0 Å². The van der Waals surface area contributed by atoms with E-state index in [2.05, 4.69) is 30.6 Å². The van der Waals surface area contributed by atoms with E-state index in [1.54, 1.807) is 42.5 Å². The number of rotatable bonds is 9. The summed E-state index contributed by atoms with van der Waals surface area (Å²) in [5, 5.41) is 7.96. The number of halogens is 3. The molecule has 0 saturated carbocycles. The van der Waals surface area contributed by atoms with Crippen LogP contribution in [0.1, 0.15) is 28.4 Å². The number of nitrogens with zero attached hydrogens (tertiary/aromatic N) is 2. The fraction of sp³-hybridized carbons (Fsp3) is 0.227. The average molecular weight is 509 g/mol. The molecule has 4 N–H and O–H groups in total. The van der Waals surface area contributed by atoms with E-state index in [1.807, 2.05) is 0 Å². The van der Waals surface area contributed by atoms with Crippen molar-refractivity contribution in [2.24, 2.45) is 0 Å². The second-order valence-corrected chi connectivity index (χ2v) is 9.31. The van der Waals surface area contributed by atoms with Gasteiger partial charge < -0.3 is 16.0 Å². The van der Waals surface area contributed by atoms with E-state index in [4.69, 9.17) is 0 Å². The molecule has 1 amide bonds. The summed E-state index contributed by atoms with van der Waals surface area (Å²) >= 11 is 0. The molecule has 0 aliphatic heterocycles. The molecule has 2 aromatic carbocycles. The highest BCUT2D eigenvalue weighted by Crippen LogP contribution is 2.34. The maximum Gasteiger partial charge on any atom is 0.421 e. The van der Waals surface area contributed by atoms with Gasteiger partial charge in [0.25, 0.3) is 5.91 Å². The number of benzene rings is 2. The van der Waals surface area contributed by atoms with Crippen LogP contribution in [0.4, 0.5) is 36.3 Å². The summed E-state index contributed by atoms with van der Waals surface area (Å²) in [6.45, 7) is 1.44. The maximum absolute atomic E-state index is 13.5. The van der Waals surface area contributed by atoms with Gasteiger partial charge in [-0.25, -0.2) is 13.4 Å². The molecule has 0 bridgehead atoms. The van der Waals surface area contributed by atoms with Crippen LogP contribution in [0, 0.1) is 0 Å². The fourth-order valence-corrected chi connectivity index (χ4v) is 3.58. The van der Waals surface area contributed by atoms with E-state index in [1.165, 1.54) is 20.0 Å². The molecular weight excluding hydrogens is 485 g/mol. The minimum atomic E-state index is -4.70. The number of carbonyl (C=O) groups is 1. The monoisotopic (exact) mass is 508 g/mol. The molecule has 0 aliphatic rings. The van der Waals surface area contributed by atoms with Crippen molar-refractivity contribution in [2.45, 2.75) is 19.6 Å². The Morgan fingerprint density at radius 1 is 1.06 bits per heavy atom. The second-order valence-electron chi connectivity index (χ2n) is 7.29. The summed E-state index contributed by atoms with van der Waals surface area (Å²) < 4.78 is 66.5. The van der Waals surface area contributed by atoms with Crippen LogP contribution in [0.3, 0.4) is 0 Å². The summed E-state index contributed by atoms with van der Waals surface area (Å²) in [6.07, 6.45) is -4.03. The third-order valence-electron chi connectivity index (χ3n) is 4.76. The van der Waals surface area contributed by atoms with Gasteiger partial charge in [0.05, 0.1) is 5.75 Å². The van der Waals surface area contributed by atoms with Gasteiger partial charge in [-0.15, -0.1) is 0 Å². The summed E-state index contributed by atoms with van der Waals surface area (Å²) in [5.41, 5.74) is 0.664. The highest BCUT2D eigenvalue weighted by atomic mass is 32.2. The zero-order valence-corrected chi connectivity index (χ0v) is 19.6. The number of carbonyl (C=O) groups excluding carboxylic acids is 1. The second kappa shape index (κ2) is 10.6. The predicted octanol–water partition coefficient (Wildman–Crippen LogP) is 3.97. The van der Waals surface area contributed by atoms with Crippen molar-refractivity contribution in [1.29, 1.82) is 0 Å². The van der Waals surface area contributed by atoms with Gasteiger partial charge in [0.1, 0.15) is 11.4 Å². The van der Waals surface area contributed by atoms with Crippen molar-refractivity contribution in [3.8, 4) is 0 Å². The topological polar surface area (TPSA) is 125 Å². The molecule has 1 aromatic heterocycles. The molecule has 0 unspecified atom stereocenters. The van der Waals surface area contributed by atoms with Gasteiger partial charge >= 0.3 is 6.18 Å². The predicted molar refractivity (Wildman–Crippen MR) is 127 cm³/mol. The third kappa shape index (κ3) is 7.06. The van der Waals surface area contributed by atoms with Crippen molar-refractivity contribution in [1.82, 2.24) is 15.3 Å². The molecule has 1 heterocycles. The summed E-state index contributed by atoms with van der Waals surface area (Å²) in [7, 11) is -2.00. The van der Waals surface area contributed by atoms with E-state index in [9.17, 15) is 26.4 Å². The molecule has 3 rings (SSSR count). The van der Waals surface area contributed by atoms with Gasteiger partial charge in [0, 0.05) is 36.7 Å². The number of nitrogens with one attached hydrogen (secondary N) is 4. The van der Waals surface area contributed by atoms with Crippen molar-refractivity contribution in [3.63, 3.8) is 0 Å². The molecule has 186 valence electrons. The first-order chi connectivity index (χ1) is 16.5. The van der Waals surface area contributed by atoms with Crippen LogP contribution >= 0.6 is 0 Å². The van der Waals surface area contributed by atoms with E-state index in [0.29, 0.717) is 28.7 Å². The number of anilines is 4. The molecule has 9 nitrogen and oxygen atoms in total. The highest BCUT2D eigenvalue weighted by molar-refractivity contribution is 7.92. The lowest BCUT2D eigenvalue weighted by Crippen LogP contribution is -2.17. The van der Waals surface area contributed by atoms with Gasteiger partial charge in [-0.3, -0.25) is 9.52 Å². The Morgan fingerprint density at radius 3 is 2.40 bits per heavy atom. The Morgan fingerprint density at radius 2 is 1.77 bits per heavy atom. The zero-order chi connectivity index (χ0) is 25.6. The van der Waals surface area contributed by atoms with Gasteiger partial charge in [-0.1, -0.05) is 12.1 Å². The lowest BCUT2D eigenvalue weighted by Gasteiger charge is -2.15. The van der Waals surface area contributed by atoms with Crippen LogP contribution in [0.15, 0.2) is 54.7 Å². The first-order valence-electron chi connectivity index (χ1n) is 10.4. The van der Waals surface area contributed by atoms with Gasteiger partial charge in [-0.05, 0) is 48.9 Å². The maximum atomic E-state index is 13.5. The van der Waals surface area contributed by atoms with E-state index < -0.39 is 27.6 Å². The Labute approximate surface area is 200 Å². The van der Waals surface area contributed by atoms with Crippen molar-refractivity contribution >= 4 is 39.1 Å². The average Bonchev–Trinajstić information content (AvgIpc) is 2.82. The minimum Gasteiger partial charge on any atom is -0.365 e. The van der Waals surface area contributed by atoms with Crippen molar-refractivity contribution in [2.75, 3.05) is 28.2 Å². The third-order valence-corrected chi connectivity index (χ3v) is 6.07. The molecule has 0 saturated heterocycles. The molecule has 13 heteroatoms. The van der Waals surface area contributed by atoms with Gasteiger partial charge in [-0.2, -0.15) is 18.2 Å². The Kier molecular flexibility index (Phi) is 7.79. The molecule has 3 aromatic rings. The Hall–Kier alpha value is -3.87. The quantitative estimate of drug-likeness (QED) is 0.345. The molecule has 0 aliphatic carbocycles. The first-order valence-corrected chi connectivity index (χ1v) is 12.0. The van der Waals surface area contributed by atoms with Crippen molar-refractivity contribution < 1.29 is 26.4 Å². The molecule has 0 spiro atoms. The first kappa shape index (κ1) is 25.7. The zero-order valence-electron chi connectivity index (χ0n) is 18.8. The van der Waals surface area contributed by atoms with Crippen LogP contribution in [0.25, 0.3) is 0 Å². The van der Waals surface area contributed by atoms with Crippen LogP contribution < -0.4 is 20.7 Å². The number of amides is 1. The Bertz CT molecular complexity index is 1300. The number of aromatic nitrogens is 2. The SMILES string of the molecule is CCS(=O)(=O)Nc1cccc(CNc2nc(Nc3ccc(C(=O)NC)cc3)ncc2C(F)(F)F)c1. The summed E-state index contributed by atoms with van der Waals surface area (Å²) in [5.74, 6) is -0.926. The smallest absolute Gasteiger partial charge is 0.365 e. The number of hydrogen-bond acceptors (Lipinski definition) is 7.